The summed E-state index contributed by atoms with van der Waals surface area (Å²) in [6.45, 7) is 2.64. The van der Waals surface area contributed by atoms with Gasteiger partial charge in [-0.1, -0.05) is 0 Å². The Labute approximate surface area is 100 Å². The summed E-state index contributed by atoms with van der Waals surface area (Å²) in [6.07, 6.45) is 1.08. The Bertz CT molecular complexity index is 433. The molecule has 1 aromatic carbocycles. The Balaban J connectivity index is 2.22. The van der Waals surface area contributed by atoms with E-state index in [1.54, 1.807) is 6.07 Å². The number of ketones is 1. The zero-order chi connectivity index (χ0) is 12.4. The third kappa shape index (κ3) is 2.40. The second-order valence-corrected chi connectivity index (χ2v) is 4.35. The number of rotatable bonds is 2. The summed E-state index contributed by atoms with van der Waals surface area (Å²) >= 11 is 0. The molecule has 0 aliphatic carbocycles. The predicted octanol–water partition coefficient (Wildman–Crippen LogP) is 2.39. The average molecular weight is 237 g/mol. The first-order valence-corrected chi connectivity index (χ1v) is 5.73. The van der Waals surface area contributed by atoms with E-state index in [1.165, 1.54) is 13.2 Å². The largest absolute Gasteiger partial charge is 0.494 e. The van der Waals surface area contributed by atoms with Crippen LogP contribution in [-0.4, -0.2) is 25.5 Å². The fourth-order valence-corrected chi connectivity index (χ4v) is 2.22. The number of nitrogens with zero attached hydrogens (tertiary/aromatic N) is 1. The molecule has 1 aromatic rings. The van der Waals surface area contributed by atoms with E-state index in [0.717, 1.165) is 5.69 Å². The van der Waals surface area contributed by atoms with Gasteiger partial charge in [0.1, 0.15) is 5.78 Å². The van der Waals surface area contributed by atoms with Gasteiger partial charge in [-0.25, -0.2) is 4.39 Å². The zero-order valence-corrected chi connectivity index (χ0v) is 10.1. The molecule has 0 radical (unpaired) electrons. The van der Waals surface area contributed by atoms with Gasteiger partial charge in [-0.3, -0.25) is 4.79 Å². The number of carbonyl (C=O) groups excluding carboxylic acids is 1. The van der Waals surface area contributed by atoms with Crippen molar-refractivity contribution in [3.05, 3.63) is 24.0 Å². The quantitative estimate of drug-likeness (QED) is 0.791. The molecular weight excluding hydrogens is 221 g/mol. The number of hydrogen-bond donors (Lipinski definition) is 0. The maximum absolute atomic E-state index is 13.6. The van der Waals surface area contributed by atoms with Gasteiger partial charge < -0.3 is 9.64 Å². The molecule has 1 saturated heterocycles. The van der Waals surface area contributed by atoms with E-state index in [9.17, 15) is 9.18 Å². The number of Topliss-reactive ketones (excluding diaryl/α,β-unsaturated/α-hetero) is 1. The molecule has 0 spiro atoms. The maximum atomic E-state index is 13.6. The Kier molecular flexibility index (Phi) is 3.31. The molecule has 0 saturated carbocycles. The highest BCUT2D eigenvalue weighted by atomic mass is 19.1. The van der Waals surface area contributed by atoms with Crippen LogP contribution in [0.4, 0.5) is 10.1 Å². The number of carbonyl (C=O) groups is 1. The molecule has 92 valence electrons. The second-order valence-electron chi connectivity index (χ2n) is 4.35. The molecule has 0 aromatic heterocycles. The monoisotopic (exact) mass is 237 g/mol. The van der Waals surface area contributed by atoms with Crippen LogP contribution in [0, 0.1) is 5.82 Å². The van der Waals surface area contributed by atoms with Crippen LogP contribution in [0.25, 0.3) is 0 Å². The number of anilines is 1. The molecule has 1 atom stereocenters. The fourth-order valence-electron chi connectivity index (χ4n) is 2.22. The average Bonchev–Trinajstić information content (AvgIpc) is 2.29. The van der Waals surface area contributed by atoms with E-state index in [1.807, 2.05) is 13.0 Å². The molecular formula is C13H16FNO2. The summed E-state index contributed by atoms with van der Waals surface area (Å²) in [5, 5.41) is 0. The summed E-state index contributed by atoms with van der Waals surface area (Å²) in [6, 6.07) is 5.04. The van der Waals surface area contributed by atoms with Crippen molar-refractivity contribution in [2.75, 3.05) is 18.6 Å². The second kappa shape index (κ2) is 4.73. The van der Waals surface area contributed by atoms with Crippen molar-refractivity contribution in [1.82, 2.24) is 0 Å². The smallest absolute Gasteiger partial charge is 0.167 e. The van der Waals surface area contributed by atoms with E-state index in [-0.39, 0.29) is 23.4 Å². The summed E-state index contributed by atoms with van der Waals surface area (Å²) in [7, 11) is 1.44. The first-order chi connectivity index (χ1) is 8.11. The molecule has 17 heavy (non-hydrogen) atoms. The van der Waals surface area contributed by atoms with Gasteiger partial charge >= 0.3 is 0 Å². The Morgan fingerprint density at radius 2 is 2.24 bits per heavy atom. The highest BCUT2D eigenvalue weighted by Crippen LogP contribution is 2.27. The molecule has 0 N–H and O–H groups in total. The van der Waals surface area contributed by atoms with Crippen LogP contribution in [0.2, 0.25) is 0 Å². The summed E-state index contributed by atoms with van der Waals surface area (Å²) in [5.74, 6) is 0.159. The first-order valence-electron chi connectivity index (χ1n) is 5.73. The van der Waals surface area contributed by atoms with E-state index < -0.39 is 0 Å². The molecule has 1 heterocycles. The lowest BCUT2D eigenvalue weighted by atomic mass is 10.0. The topological polar surface area (TPSA) is 29.5 Å². The molecule has 1 fully saturated rings. The van der Waals surface area contributed by atoms with Crippen molar-refractivity contribution < 1.29 is 13.9 Å². The number of hydrogen-bond acceptors (Lipinski definition) is 3. The van der Waals surface area contributed by atoms with Crippen LogP contribution < -0.4 is 9.64 Å². The van der Waals surface area contributed by atoms with Crippen molar-refractivity contribution in [2.24, 2.45) is 0 Å². The molecule has 4 heteroatoms. The molecule has 1 unspecified atom stereocenters. The van der Waals surface area contributed by atoms with Crippen molar-refractivity contribution >= 4 is 11.5 Å². The van der Waals surface area contributed by atoms with Gasteiger partial charge in [-0.15, -0.1) is 0 Å². The Morgan fingerprint density at radius 3 is 2.82 bits per heavy atom. The number of piperidine rings is 1. The number of ether oxygens (including phenoxy) is 1. The van der Waals surface area contributed by atoms with E-state index >= 15 is 0 Å². The normalized spacial score (nSPS) is 20.5. The Hall–Kier alpha value is -1.58. The minimum absolute atomic E-state index is 0.129. The van der Waals surface area contributed by atoms with E-state index in [2.05, 4.69) is 4.90 Å². The minimum Gasteiger partial charge on any atom is -0.494 e. The predicted molar refractivity (Wildman–Crippen MR) is 64.0 cm³/mol. The van der Waals surface area contributed by atoms with E-state index in [4.69, 9.17) is 4.74 Å². The van der Waals surface area contributed by atoms with Crippen LogP contribution in [-0.2, 0) is 4.79 Å². The van der Waals surface area contributed by atoms with Gasteiger partial charge in [0.2, 0.25) is 0 Å². The minimum atomic E-state index is -0.367. The van der Waals surface area contributed by atoms with Crippen molar-refractivity contribution in [3.63, 3.8) is 0 Å². The van der Waals surface area contributed by atoms with Crippen molar-refractivity contribution in [2.45, 2.75) is 25.8 Å². The standard InChI is InChI=1S/C13H16FNO2/c1-9-7-11(16)5-6-15(9)10-3-4-13(17-2)12(14)8-10/h3-4,8-9H,5-7H2,1-2H3. The molecule has 1 aliphatic rings. The number of benzene rings is 1. The van der Waals surface area contributed by atoms with Crippen LogP contribution in [0.1, 0.15) is 19.8 Å². The summed E-state index contributed by atoms with van der Waals surface area (Å²) in [4.78, 5) is 13.4. The third-order valence-corrected chi connectivity index (χ3v) is 3.15. The van der Waals surface area contributed by atoms with Crippen LogP contribution in [0.3, 0.4) is 0 Å². The van der Waals surface area contributed by atoms with Gasteiger partial charge in [0.25, 0.3) is 0 Å². The lowest BCUT2D eigenvalue weighted by Crippen LogP contribution is -2.41. The van der Waals surface area contributed by atoms with Crippen LogP contribution >= 0.6 is 0 Å². The fraction of sp³-hybridized carbons (Fsp3) is 0.462. The summed E-state index contributed by atoms with van der Waals surface area (Å²) < 4.78 is 18.5. The van der Waals surface area contributed by atoms with E-state index in [0.29, 0.717) is 19.4 Å². The van der Waals surface area contributed by atoms with Crippen LogP contribution in [0.15, 0.2) is 18.2 Å². The first kappa shape index (κ1) is 11.9. The highest BCUT2D eigenvalue weighted by molar-refractivity contribution is 5.81. The third-order valence-electron chi connectivity index (χ3n) is 3.15. The summed E-state index contributed by atoms with van der Waals surface area (Å²) in [5.41, 5.74) is 0.809. The Morgan fingerprint density at radius 1 is 1.47 bits per heavy atom. The molecule has 3 nitrogen and oxygen atoms in total. The molecule has 1 aliphatic heterocycles. The molecule has 0 bridgehead atoms. The van der Waals surface area contributed by atoms with Gasteiger partial charge in [0.15, 0.2) is 11.6 Å². The van der Waals surface area contributed by atoms with Crippen molar-refractivity contribution in [1.29, 1.82) is 0 Å². The van der Waals surface area contributed by atoms with Crippen LogP contribution in [0.5, 0.6) is 5.75 Å². The van der Waals surface area contributed by atoms with Gasteiger partial charge in [0.05, 0.1) is 7.11 Å². The zero-order valence-electron chi connectivity index (χ0n) is 10.1. The number of halogens is 1. The van der Waals surface area contributed by atoms with Gasteiger partial charge in [-0.05, 0) is 19.1 Å². The lowest BCUT2D eigenvalue weighted by molar-refractivity contribution is -0.120. The molecule has 2 rings (SSSR count). The number of methoxy groups -OCH3 is 1. The highest BCUT2D eigenvalue weighted by Gasteiger charge is 2.24. The molecule has 0 amide bonds. The lowest BCUT2D eigenvalue weighted by Gasteiger charge is -2.34. The maximum Gasteiger partial charge on any atom is 0.167 e. The van der Waals surface area contributed by atoms with Gasteiger partial charge in [0, 0.05) is 37.2 Å². The van der Waals surface area contributed by atoms with Gasteiger partial charge in [-0.2, -0.15) is 0 Å². The van der Waals surface area contributed by atoms with Crippen molar-refractivity contribution in [3.8, 4) is 5.75 Å². The SMILES string of the molecule is COc1ccc(N2CCC(=O)CC2C)cc1F.